The molecule has 2 aromatic rings. The van der Waals surface area contributed by atoms with Crippen molar-refractivity contribution in [2.75, 3.05) is 26.9 Å². The lowest BCUT2D eigenvalue weighted by molar-refractivity contribution is 0.0165. The van der Waals surface area contributed by atoms with Crippen LogP contribution in [0, 0.1) is 12.8 Å². The van der Waals surface area contributed by atoms with E-state index in [0.717, 1.165) is 54.0 Å². The van der Waals surface area contributed by atoms with Crippen LogP contribution in [0.3, 0.4) is 0 Å². The number of nitrogens with one attached hydrogen (secondary N) is 1. The topological polar surface area (TPSA) is 120 Å². The summed E-state index contributed by atoms with van der Waals surface area (Å²) in [6.45, 7) is 8.61. The molecule has 0 spiro atoms. The fourth-order valence-corrected chi connectivity index (χ4v) is 4.87. The lowest BCUT2D eigenvalue weighted by Gasteiger charge is -2.37. The minimum Gasteiger partial charge on any atom is -0.481 e. The van der Waals surface area contributed by atoms with E-state index >= 15 is 0 Å². The van der Waals surface area contributed by atoms with Gasteiger partial charge in [-0.05, 0) is 64.1 Å². The molecule has 9 nitrogen and oxygen atoms in total. The highest BCUT2D eigenvalue weighted by atomic mass is 16.5. The van der Waals surface area contributed by atoms with E-state index in [0.29, 0.717) is 43.6 Å². The molecule has 2 saturated heterocycles. The number of aliphatic imine (C=N–C) groups is 1. The van der Waals surface area contributed by atoms with Crippen molar-refractivity contribution in [1.29, 1.82) is 0 Å². The number of aryl methyl sites for hydroxylation is 1. The van der Waals surface area contributed by atoms with E-state index in [1.807, 2.05) is 43.9 Å². The molecule has 35 heavy (non-hydrogen) atoms. The van der Waals surface area contributed by atoms with Gasteiger partial charge in [-0.3, -0.25) is 9.67 Å². The summed E-state index contributed by atoms with van der Waals surface area (Å²) in [5.41, 5.74) is 11.2. The van der Waals surface area contributed by atoms with Gasteiger partial charge in [0.25, 0.3) is 0 Å². The number of aliphatic hydroxyl groups is 1. The van der Waals surface area contributed by atoms with Gasteiger partial charge in [0.1, 0.15) is 0 Å². The van der Waals surface area contributed by atoms with Crippen LogP contribution in [0.1, 0.15) is 50.7 Å². The van der Waals surface area contributed by atoms with E-state index in [1.54, 1.807) is 13.3 Å². The summed E-state index contributed by atoms with van der Waals surface area (Å²) >= 11 is 0. The number of nitrogens with zero attached hydrogens (tertiary/aromatic N) is 4. The number of piperidine rings is 1. The van der Waals surface area contributed by atoms with Crippen molar-refractivity contribution < 1.29 is 14.6 Å². The van der Waals surface area contributed by atoms with Gasteiger partial charge in [-0.1, -0.05) is 0 Å². The molecular formula is C26H38N6O3. The smallest absolute Gasteiger partial charge is 0.216 e. The molecule has 2 aromatic heterocycles. The second-order valence-corrected chi connectivity index (χ2v) is 10.1. The first-order valence-corrected chi connectivity index (χ1v) is 12.4. The molecule has 0 radical (unpaired) electrons. The van der Waals surface area contributed by atoms with Crippen LogP contribution in [0.15, 0.2) is 35.2 Å². The van der Waals surface area contributed by atoms with Gasteiger partial charge in [0.05, 0.1) is 44.0 Å². The number of hydrogen-bond donors (Lipinski definition) is 3. The third kappa shape index (κ3) is 6.28. The zero-order valence-corrected chi connectivity index (χ0v) is 21.3. The normalized spacial score (nSPS) is 24.3. The summed E-state index contributed by atoms with van der Waals surface area (Å²) in [4.78, 5) is 9.25. The Kier molecular flexibility index (Phi) is 7.88. The lowest BCUT2D eigenvalue weighted by atomic mass is 9.84. The molecule has 4 heterocycles. The number of methoxy groups -OCH3 is 1. The molecule has 0 bridgehead atoms. The van der Waals surface area contributed by atoms with Crippen LogP contribution >= 0.6 is 0 Å². The van der Waals surface area contributed by atoms with Crippen molar-refractivity contribution in [1.82, 2.24) is 20.1 Å². The fraction of sp³-hybridized carbons (Fsp3) is 0.577. The summed E-state index contributed by atoms with van der Waals surface area (Å²) in [6.07, 6.45) is 8.92. The average molecular weight is 483 g/mol. The Morgan fingerprint density at radius 3 is 2.89 bits per heavy atom. The third-order valence-corrected chi connectivity index (χ3v) is 6.88. The van der Waals surface area contributed by atoms with E-state index in [-0.39, 0.29) is 6.04 Å². The lowest BCUT2D eigenvalue weighted by Crippen LogP contribution is -2.51. The van der Waals surface area contributed by atoms with Crippen molar-refractivity contribution in [3.8, 4) is 5.88 Å². The first kappa shape index (κ1) is 25.3. The Hall–Kier alpha value is -2.75. The van der Waals surface area contributed by atoms with Crippen LogP contribution in [0.25, 0.3) is 5.70 Å². The van der Waals surface area contributed by atoms with Gasteiger partial charge in [-0.15, -0.1) is 0 Å². The number of rotatable bonds is 6. The van der Waals surface area contributed by atoms with Crippen LogP contribution < -0.4 is 15.8 Å². The zero-order chi connectivity index (χ0) is 25.0. The fourth-order valence-electron chi connectivity index (χ4n) is 4.87. The molecule has 0 aromatic carbocycles. The summed E-state index contributed by atoms with van der Waals surface area (Å²) in [5, 5.41) is 18.4. The van der Waals surface area contributed by atoms with Gasteiger partial charge >= 0.3 is 0 Å². The molecule has 0 saturated carbocycles. The van der Waals surface area contributed by atoms with E-state index in [9.17, 15) is 5.11 Å². The summed E-state index contributed by atoms with van der Waals surface area (Å²) in [5.74, 6) is 1.05. The predicted molar refractivity (Wildman–Crippen MR) is 137 cm³/mol. The molecule has 2 atom stereocenters. The number of ether oxygens (including phenoxy) is 2. The van der Waals surface area contributed by atoms with Crippen molar-refractivity contribution in [3.05, 3.63) is 41.4 Å². The van der Waals surface area contributed by atoms with E-state index in [2.05, 4.69) is 15.4 Å². The SMILES string of the molecule is COc1ncc(N=C2CCOCCC2=C(N)c2cnn(CC3CCNC(C(C)(C)O)C3)c2)cc1C. The first-order valence-electron chi connectivity index (χ1n) is 12.4. The highest BCUT2D eigenvalue weighted by Crippen LogP contribution is 2.27. The Labute approximate surface area is 207 Å². The molecule has 190 valence electrons. The molecule has 2 unspecified atom stereocenters. The molecule has 0 amide bonds. The van der Waals surface area contributed by atoms with E-state index in [1.165, 1.54) is 0 Å². The molecular weight excluding hydrogens is 444 g/mol. The molecule has 0 aliphatic carbocycles. The van der Waals surface area contributed by atoms with Crippen LogP contribution in [0.4, 0.5) is 5.69 Å². The van der Waals surface area contributed by atoms with Gasteiger partial charge in [0.15, 0.2) is 0 Å². The molecule has 2 fully saturated rings. The predicted octanol–water partition coefficient (Wildman–Crippen LogP) is 2.99. The molecule has 2 aliphatic heterocycles. The largest absolute Gasteiger partial charge is 0.481 e. The molecule has 2 aliphatic rings. The van der Waals surface area contributed by atoms with Gasteiger partial charge in [0.2, 0.25) is 5.88 Å². The maximum Gasteiger partial charge on any atom is 0.216 e. The van der Waals surface area contributed by atoms with Gasteiger partial charge in [-0.2, -0.15) is 5.10 Å². The second-order valence-electron chi connectivity index (χ2n) is 10.1. The maximum absolute atomic E-state index is 10.4. The minimum atomic E-state index is -0.738. The third-order valence-electron chi connectivity index (χ3n) is 6.88. The van der Waals surface area contributed by atoms with Crippen LogP contribution in [-0.4, -0.2) is 64.1 Å². The number of pyridine rings is 1. The van der Waals surface area contributed by atoms with Gasteiger partial charge < -0.3 is 25.6 Å². The quantitative estimate of drug-likeness (QED) is 0.579. The zero-order valence-electron chi connectivity index (χ0n) is 21.3. The van der Waals surface area contributed by atoms with Crippen molar-refractivity contribution in [2.24, 2.45) is 16.6 Å². The molecule has 4 N–H and O–H groups in total. The number of hydrogen-bond acceptors (Lipinski definition) is 8. The first-order chi connectivity index (χ1) is 16.7. The highest BCUT2D eigenvalue weighted by Gasteiger charge is 2.32. The Balaban J connectivity index is 1.55. The second kappa shape index (κ2) is 10.9. The molecule has 4 rings (SSSR count). The standard InChI is InChI=1S/C26H38N6O3/c1-17-11-20(14-29-25(17)34-4)31-22-7-10-35-9-6-21(22)24(27)19-13-30-32(16-19)15-18-5-8-28-23(12-18)26(2,3)33/h11,13-14,16,18,23,28,33H,5-10,12,15,27H2,1-4H3. The van der Waals surface area contributed by atoms with Crippen LogP contribution in [0.2, 0.25) is 0 Å². The van der Waals surface area contributed by atoms with Gasteiger partial charge in [-0.25, -0.2) is 4.98 Å². The average Bonchev–Trinajstić information content (AvgIpc) is 3.16. The summed E-state index contributed by atoms with van der Waals surface area (Å²) < 4.78 is 13.0. The number of aromatic nitrogens is 3. The highest BCUT2D eigenvalue weighted by molar-refractivity contribution is 6.07. The Bertz CT molecular complexity index is 1080. The number of nitrogens with two attached hydrogens (primary N) is 1. The maximum atomic E-state index is 10.4. The van der Waals surface area contributed by atoms with Crippen LogP contribution in [-0.2, 0) is 11.3 Å². The van der Waals surface area contributed by atoms with Gasteiger partial charge in [0, 0.05) is 47.7 Å². The summed E-state index contributed by atoms with van der Waals surface area (Å²) in [7, 11) is 1.61. The monoisotopic (exact) mass is 482 g/mol. The van der Waals surface area contributed by atoms with E-state index < -0.39 is 5.60 Å². The van der Waals surface area contributed by atoms with Crippen LogP contribution in [0.5, 0.6) is 5.88 Å². The summed E-state index contributed by atoms with van der Waals surface area (Å²) in [6, 6.07) is 2.06. The van der Waals surface area contributed by atoms with E-state index in [4.69, 9.17) is 20.2 Å². The van der Waals surface area contributed by atoms with Crippen molar-refractivity contribution >= 4 is 17.1 Å². The Morgan fingerprint density at radius 1 is 1.34 bits per heavy atom. The van der Waals surface area contributed by atoms with Crippen molar-refractivity contribution in [3.63, 3.8) is 0 Å². The molecule has 9 heteroatoms. The minimum absolute atomic E-state index is 0.0873. The van der Waals surface area contributed by atoms with Crippen molar-refractivity contribution in [2.45, 2.75) is 64.6 Å². The Morgan fingerprint density at radius 2 is 2.14 bits per heavy atom.